The second-order valence-electron chi connectivity index (χ2n) is 4.84. The van der Waals surface area contributed by atoms with Gasteiger partial charge in [-0.2, -0.15) is 0 Å². The molecule has 108 valence electrons. The van der Waals surface area contributed by atoms with Gasteiger partial charge in [0.1, 0.15) is 19.0 Å². The molecule has 0 heterocycles. The average Bonchev–Trinajstić information content (AvgIpc) is 2.52. The predicted molar refractivity (Wildman–Crippen MR) is 85.5 cm³/mol. The fourth-order valence-electron chi connectivity index (χ4n) is 1.84. The summed E-state index contributed by atoms with van der Waals surface area (Å²) in [6, 6.07) is 15.8. The SMILES string of the molecule is CN(C)c1cccc(OCc2ccc(C#CCO)cc2)c1. The van der Waals surface area contributed by atoms with Crippen molar-refractivity contribution in [1.29, 1.82) is 0 Å². The molecule has 0 atom stereocenters. The van der Waals surface area contributed by atoms with Crippen molar-refractivity contribution in [3.63, 3.8) is 0 Å². The summed E-state index contributed by atoms with van der Waals surface area (Å²) in [5.74, 6) is 6.35. The van der Waals surface area contributed by atoms with Crippen LogP contribution >= 0.6 is 0 Å². The van der Waals surface area contributed by atoms with Gasteiger partial charge in [0, 0.05) is 31.4 Å². The Hall–Kier alpha value is -2.44. The summed E-state index contributed by atoms with van der Waals surface area (Å²) in [4.78, 5) is 2.04. The van der Waals surface area contributed by atoms with E-state index in [2.05, 4.69) is 11.8 Å². The van der Waals surface area contributed by atoms with Crippen LogP contribution in [-0.2, 0) is 6.61 Å². The van der Waals surface area contributed by atoms with E-state index < -0.39 is 0 Å². The summed E-state index contributed by atoms with van der Waals surface area (Å²) in [5.41, 5.74) is 3.09. The molecule has 0 aromatic heterocycles. The van der Waals surface area contributed by atoms with Crippen molar-refractivity contribution >= 4 is 5.69 Å². The van der Waals surface area contributed by atoms with Crippen molar-refractivity contribution in [2.45, 2.75) is 6.61 Å². The van der Waals surface area contributed by atoms with E-state index in [1.54, 1.807) is 0 Å². The summed E-state index contributed by atoms with van der Waals surface area (Å²) >= 11 is 0. The van der Waals surface area contributed by atoms with E-state index in [0.29, 0.717) is 6.61 Å². The van der Waals surface area contributed by atoms with E-state index >= 15 is 0 Å². The number of hydrogen-bond donors (Lipinski definition) is 1. The molecule has 3 nitrogen and oxygen atoms in total. The Morgan fingerprint density at radius 2 is 1.86 bits per heavy atom. The lowest BCUT2D eigenvalue weighted by atomic mass is 10.1. The highest BCUT2D eigenvalue weighted by atomic mass is 16.5. The zero-order chi connectivity index (χ0) is 15.1. The van der Waals surface area contributed by atoms with Crippen LogP contribution in [0.4, 0.5) is 5.69 Å². The summed E-state index contributed by atoms with van der Waals surface area (Å²) in [5, 5.41) is 8.66. The second kappa shape index (κ2) is 7.37. The molecule has 0 amide bonds. The molecule has 2 aromatic rings. The Balaban J connectivity index is 1.98. The third kappa shape index (κ3) is 4.55. The lowest BCUT2D eigenvalue weighted by Crippen LogP contribution is -2.08. The molecule has 0 aliphatic carbocycles. The van der Waals surface area contributed by atoms with Crippen molar-refractivity contribution in [2.24, 2.45) is 0 Å². The Morgan fingerprint density at radius 1 is 1.10 bits per heavy atom. The van der Waals surface area contributed by atoms with E-state index in [-0.39, 0.29) is 6.61 Å². The van der Waals surface area contributed by atoms with Gasteiger partial charge in [-0.15, -0.1) is 0 Å². The Kier molecular flexibility index (Phi) is 5.25. The van der Waals surface area contributed by atoms with E-state index in [1.165, 1.54) is 0 Å². The molecule has 2 rings (SSSR count). The first kappa shape index (κ1) is 15.0. The maximum atomic E-state index is 8.66. The van der Waals surface area contributed by atoms with Crippen LogP contribution in [0.5, 0.6) is 5.75 Å². The Labute approximate surface area is 125 Å². The smallest absolute Gasteiger partial charge is 0.121 e. The number of hydrogen-bond acceptors (Lipinski definition) is 3. The second-order valence-corrected chi connectivity index (χ2v) is 4.84. The third-order valence-electron chi connectivity index (χ3n) is 3.01. The van der Waals surface area contributed by atoms with Gasteiger partial charge in [0.05, 0.1) is 0 Å². The number of benzene rings is 2. The summed E-state index contributed by atoms with van der Waals surface area (Å²) in [6.07, 6.45) is 0. The Morgan fingerprint density at radius 3 is 2.52 bits per heavy atom. The summed E-state index contributed by atoms with van der Waals surface area (Å²) in [7, 11) is 4.01. The molecule has 1 N–H and O–H groups in total. The topological polar surface area (TPSA) is 32.7 Å². The van der Waals surface area contributed by atoms with Gasteiger partial charge in [0.2, 0.25) is 0 Å². The Bertz CT molecular complexity index is 636. The fraction of sp³-hybridized carbons (Fsp3) is 0.222. The van der Waals surface area contributed by atoms with Crippen LogP contribution in [0.1, 0.15) is 11.1 Å². The quantitative estimate of drug-likeness (QED) is 0.875. The zero-order valence-electron chi connectivity index (χ0n) is 12.3. The van der Waals surface area contributed by atoms with Crippen molar-refractivity contribution in [1.82, 2.24) is 0 Å². The minimum atomic E-state index is -0.118. The van der Waals surface area contributed by atoms with Crippen molar-refractivity contribution < 1.29 is 9.84 Å². The van der Waals surface area contributed by atoms with Crippen LogP contribution in [0, 0.1) is 11.8 Å². The van der Waals surface area contributed by atoms with Crippen molar-refractivity contribution in [3.05, 3.63) is 59.7 Å². The molecule has 0 fully saturated rings. The highest BCUT2D eigenvalue weighted by Gasteiger charge is 1.99. The van der Waals surface area contributed by atoms with Gasteiger partial charge in [0.25, 0.3) is 0 Å². The van der Waals surface area contributed by atoms with Crippen molar-refractivity contribution in [3.8, 4) is 17.6 Å². The predicted octanol–water partition coefficient (Wildman–Crippen LogP) is 2.68. The number of nitrogens with zero attached hydrogens (tertiary/aromatic N) is 1. The fourth-order valence-corrected chi connectivity index (χ4v) is 1.84. The first-order chi connectivity index (χ1) is 10.2. The highest BCUT2D eigenvalue weighted by molar-refractivity contribution is 5.49. The van der Waals surface area contributed by atoms with Gasteiger partial charge >= 0.3 is 0 Å². The van der Waals surface area contributed by atoms with Gasteiger partial charge in [-0.05, 0) is 29.8 Å². The van der Waals surface area contributed by atoms with Crippen LogP contribution in [0.3, 0.4) is 0 Å². The van der Waals surface area contributed by atoms with Gasteiger partial charge < -0.3 is 14.7 Å². The minimum absolute atomic E-state index is 0.118. The normalized spacial score (nSPS) is 9.67. The number of rotatable bonds is 4. The van der Waals surface area contributed by atoms with E-state index in [9.17, 15) is 0 Å². The molecular formula is C18H19NO2. The van der Waals surface area contributed by atoms with Crippen LogP contribution < -0.4 is 9.64 Å². The van der Waals surface area contributed by atoms with Crippen molar-refractivity contribution in [2.75, 3.05) is 25.6 Å². The minimum Gasteiger partial charge on any atom is -0.489 e. The summed E-state index contributed by atoms with van der Waals surface area (Å²) < 4.78 is 5.80. The molecule has 2 aromatic carbocycles. The van der Waals surface area contributed by atoms with Crippen LogP contribution in [0.25, 0.3) is 0 Å². The van der Waals surface area contributed by atoms with E-state index in [0.717, 1.165) is 22.6 Å². The molecule has 0 bridgehead atoms. The first-order valence-corrected chi connectivity index (χ1v) is 6.78. The molecule has 0 saturated carbocycles. The highest BCUT2D eigenvalue weighted by Crippen LogP contribution is 2.20. The molecule has 0 aliphatic rings. The standard InChI is InChI=1S/C18H19NO2/c1-19(2)17-6-3-7-18(13-17)21-14-16-10-8-15(9-11-16)5-4-12-20/h3,6-11,13,20H,12,14H2,1-2H3. The third-order valence-corrected chi connectivity index (χ3v) is 3.01. The number of anilines is 1. The largest absolute Gasteiger partial charge is 0.489 e. The maximum Gasteiger partial charge on any atom is 0.121 e. The van der Waals surface area contributed by atoms with E-state index in [1.807, 2.05) is 67.5 Å². The van der Waals surface area contributed by atoms with Gasteiger partial charge in [-0.1, -0.05) is 30.0 Å². The van der Waals surface area contributed by atoms with Crippen LogP contribution in [0.15, 0.2) is 48.5 Å². The van der Waals surface area contributed by atoms with E-state index in [4.69, 9.17) is 9.84 Å². The maximum absolute atomic E-state index is 8.66. The number of aliphatic hydroxyl groups is 1. The molecule has 0 saturated heterocycles. The molecule has 0 aliphatic heterocycles. The molecule has 21 heavy (non-hydrogen) atoms. The molecule has 0 unspecified atom stereocenters. The summed E-state index contributed by atoms with van der Waals surface area (Å²) in [6.45, 7) is 0.400. The van der Waals surface area contributed by atoms with Gasteiger partial charge in [-0.25, -0.2) is 0 Å². The number of aliphatic hydroxyl groups excluding tert-OH is 1. The van der Waals surface area contributed by atoms with Crippen LogP contribution in [0.2, 0.25) is 0 Å². The van der Waals surface area contributed by atoms with Gasteiger partial charge in [0.15, 0.2) is 0 Å². The van der Waals surface area contributed by atoms with Crippen LogP contribution in [-0.4, -0.2) is 25.8 Å². The average molecular weight is 281 g/mol. The zero-order valence-corrected chi connectivity index (χ0v) is 12.3. The first-order valence-electron chi connectivity index (χ1n) is 6.78. The van der Waals surface area contributed by atoms with Gasteiger partial charge in [-0.3, -0.25) is 0 Å². The lowest BCUT2D eigenvalue weighted by Gasteiger charge is -2.14. The molecule has 3 heteroatoms. The molecule has 0 spiro atoms. The number of ether oxygens (including phenoxy) is 1. The molecule has 0 radical (unpaired) electrons. The lowest BCUT2D eigenvalue weighted by molar-refractivity contribution is 0.306. The molecular weight excluding hydrogens is 262 g/mol. The monoisotopic (exact) mass is 281 g/mol.